The fraction of sp³-hybridized carbons (Fsp3) is 0.533. The van der Waals surface area contributed by atoms with Gasteiger partial charge in [-0.25, -0.2) is 0 Å². The first-order valence-electron chi connectivity index (χ1n) is 6.98. The van der Waals surface area contributed by atoms with Gasteiger partial charge in [0, 0.05) is 18.7 Å². The second-order valence-electron chi connectivity index (χ2n) is 5.54. The van der Waals surface area contributed by atoms with Gasteiger partial charge in [-0.3, -0.25) is 14.6 Å². The molecule has 1 aromatic heterocycles. The van der Waals surface area contributed by atoms with Crippen LogP contribution in [0.4, 0.5) is 0 Å². The zero-order chi connectivity index (χ0) is 14.8. The maximum atomic E-state index is 12.7. The van der Waals surface area contributed by atoms with Crippen molar-refractivity contribution in [1.82, 2.24) is 15.2 Å². The monoisotopic (exact) mass is 275 g/mol. The smallest absolute Gasteiger partial charge is 0.248 e. The molecule has 5 nitrogen and oxygen atoms in total. The number of nitrogens with zero attached hydrogens (tertiary/aromatic N) is 2. The molecular formula is C15H21N3O2. The molecule has 2 rings (SSSR count). The lowest BCUT2D eigenvalue weighted by Crippen LogP contribution is -2.55. The fourth-order valence-electron chi connectivity index (χ4n) is 2.44. The van der Waals surface area contributed by atoms with Crippen LogP contribution in [-0.2, 0) is 16.1 Å². The van der Waals surface area contributed by atoms with E-state index in [-0.39, 0.29) is 17.9 Å². The quantitative estimate of drug-likeness (QED) is 0.909. The minimum Gasteiger partial charge on any atom is -0.342 e. The van der Waals surface area contributed by atoms with Crippen molar-refractivity contribution in [3.8, 4) is 0 Å². The number of rotatable bonds is 3. The molecule has 2 unspecified atom stereocenters. The van der Waals surface area contributed by atoms with Crippen LogP contribution in [0.1, 0.15) is 39.3 Å². The average Bonchev–Trinajstić information content (AvgIpc) is 2.51. The maximum Gasteiger partial charge on any atom is 0.248 e. The highest BCUT2D eigenvalue weighted by Crippen LogP contribution is 2.22. The zero-order valence-corrected chi connectivity index (χ0v) is 12.2. The van der Waals surface area contributed by atoms with E-state index in [0.29, 0.717) is 19.4 Å². The third kappa shape index (κ3) is 2.81. The summed E-state index contributed by atoms with van der Waals surface area (Å²) in [4.78, 5) is 30.7. The topological polar surface area (TPSA) is 62.3 Å². The van der Waals surface area contributed by atoms with E-state index in [1.54, 1.807) is 18.0 Å². The van der Waals surface area contributed by atoms with Crippen LogP contribution < -0.4 is 5.32 Å². The standard InChI is InChI=1S/C15H21N3O2/c1-4-15(3)14(20)18(11(2)9-13(19)17-15)10-12-7-5-6-8-16-12/h5-8,11H,4,9-10H2,1-3H3,(H,17,19). The van der Waals surface area contributed by atoms with Gasteiger partial charge in [-0.2, -0.15) is 0 Å². The summed E-state index contributed by atoms with van der Waals surface area (Å²) in [7, 11) is 0. The van der Waals surface area contributed by atoms with E-state index in [0.717, 1.165) is 5.69 Å². The van der Waals surface area contributed by atoms with Crippen molar-refractivity contribution in [3.63, 3.8) is 0 Å². The summed E-state index contributed by atoms with van der Waals surface area (Å²) in [6, 6.07) is 5.51. The molecule has 0 spiro atoms. The van der Waals surface area contributed by atoms with Crippen LogP contribution in [-0.4, -0.2) is 33.3 Å². The Hall–Kier alpha value is -1.91. The van der Waals surface area contributed by atoms with Crippen LogP contribution in [0.5, 0.6) is 0 Å². The van der Waals surface area contributed by atoms with Crippen molar-refractivity contribution in [1.29, 1.82) is 0 Å². The number of carbonyl (C=O) groups is 2. The molecule has 1 aliphatic rings. The van der Waals surface area contributed by atoms with Crippen molar-refractivity contribution in [2.75, 3.05) is 0 Å². The Morgan fingerprint density at radius 2 is 2.20 bits per heavy atom. The normalized spacial score (nSPS) is 27.1. The molecule has 0 saturated carbocycles. The number of hydrogen-bond donors (Lipinski definition) is 1. The molecule has 20 heavy (non-hydrogen) atoms. The molecule has 108 valence electrons. The predicted molar refractivity (Wildman–Crippen MR) is 75.7 cm³/mol. The van der Waals surface area contributed by atoms with E-state index in [9.17, 15) is 9.59 Å². The molecule has 1 aromatic rings. The Morgan fingerprint density at radius 1 is 1.45 bits per heavy atom. The van der Waals surface area contributed by atoms with Crippen LogP contribution in [0.15, 0.2) is 24.4 Å². The lowest BCUT2D eigenvalue weighted by Gasteiger charge is -2.33. The van der Waals surface area contributed by atoms with Crippen molar-refractivity contribution < 1.29 is 9.59 Å². The van der Waals surface area contributed by atoms with Crippen LogP contribution in [0.2, 0.25) is 0 Å². The highest BCUT2D eigenvalue weighted by molar-refractivity contribution is 5.93. The molecule has 2 heterocycles. The number of hydrogen-bond acceptors (Lipinski definition) is 3. The van der Waals surface area contributed by atoms with Crippen LogP contribution in [0.25, 0.3) is 0 Å². The largest absolute Gasteiger partial charge is 0.342 e. The first kappa shape index (κ1) is 14.5. The molecule has 1 saturated heterocycles. The summed E-state index contributed by atoms with van der Waals surface area (Å²) in [5.41, 5.74) is 0.0110. The predicted octanol–water partition coefficient (Wildman–Crippen LogP) is 1.49. The fourth-order valence-corrected chi connectivity index (χ4v) is 2.44. The first-order chi connectivity index (χ1) is 9.46. The molecule has 1 fully saturated rings. The average molecular weight is 275 g/mol. The van der Waals surface area contributed by atoms with E-state index in [1.165, 1.54) is 0 Å². The SMILES string of the molecule is CCC1(C)NC(=O)CC(C)N(Cc2ccccn2)C1=O. The number of aromatic nitrogens is 1. The van der Waals surface area contributed by atoms with Gasteiger partial charge in [0.1, 0.15) is 5.54 Å². The van der Waals surface area contributed by atoms with Crippen molar-refractivity contribution in [2.24, 2.45) is 0 Å². The summed E-state index contributed by atoms with van der Waals surface area (Å²) in [6.45, 7) is 6.04. The van der Waals surface area contributed by atoms with Gasteiger partial charge in [-0.05, 0) is 32.4 Å². The van der Waals surface area contributed by atoms with E-state index < -0.39 is 5.54 Å². The third-order valence-corrected chi connectivity index (χ3v) is 3.93. The summed E-state index contributed by atoms with van der Waals surface area (Å²) in [5, 5.41) is 2.85. The van der Waals surface area contributed by atoms with Gasteiger partial charge in [0.2, 0.25) is 11.8 Å². The Morgan fingerprint density at radius 3 is 2.80 bits per heavy atom. The molecule has 1 N–H and O–H groups in total. The third-order valence-electron chi connectivity index (χ3n) is 3.93. The number of carbonyl (C=O) groups excluding carboxylic acids is 2. The van der Waals surface area contributed by atoms with E-state index in [1.807, 2.05) is 32.0 Å². The minimum atomic E-state index is -0.823. The van der Waals surface area contributed by atoms with Crippen molar-refractivity contribution in [3.05, 3.63) is 30.1 Å². The molecule has 0 aliphatic carbocycles. The molecule has 0 aromatic carbocycles. The second-order valence-corrected chi connectivity index (χ2v) is 5.54. The Labute approximate surface area is 119 Å². The molecular weight excluding hydrogens is 254 g/mol. The molecule has 5 heteroatoms. The Balaban J connectivity index is 2.28. The van der Waals surface area contributed by atoms with Crippen molar-refractivity contribution in [2.45, 2.75) is 51.7 Å². The van der Waals surface area contributed by atoms with Crippen molar-refractivity contribution >= 4 is 11.8 Å². The summed E-state index contributed by atoms with van der Waals surface area (Å²) >= 11 is 0. The molecule has 0 radical (unpaired) electrons. The summed E-state index contributed by atoms with van der Waals surface area (Å²) in [5.74, 6) is -0.109. The van der Waals surface area contributed by atoms with Gasteiger partial charge in [0.15, 0.2) is 0 Å². The molecule has 2 amide bonds. The van der Waals surface area contributed by atoms with Gasteiger partial charge in [-0.15, -0.1) is 0 Å². The second kappa shape index (κ2) is 5.61. The van der Waals surface area contributed by atoms with Crippen LogP contribution >= 0.6 is 0 Å². The summed E-state index contributed by atoms with van der Waals surface area (Å²) in [6.07, 6.45) is 2.61. The highest BCUT2D eigenvalue weighted by atomic mass is 16.2. The Kier molecular flexibility index (Phi) is 4.06. The van der Waals surface area contributed by atoms with Gasteiger partial charge < -0.3 is 10.2 Å². The van der Waals surface area contributed by atoms with Crippen LogP contribution in [0.3, 0.4) is 0 Å². The van der Waals surface area contributed by atoms with Gasteiger partial charge in [0.25, 0.3) is 0 Å². The maximum absolute atomic E-state index is 12.7. The van der Waals surface area contributed by atoms with Gasteiger partial charge >= 0.3 is 0 Å². The lowest BCUT2D eigenvalue weighted by atomic mass is 9.97. The lowest BCUT2D eigenvalue weighted by molar-refractivity contribution is -0.140. The number of nitrogens with one attached hydrogen (secondary N) is 1. The molecule has 1 aliphatic heterocycles. The molecule has 0 bridgehead atoms. The minimum absolute atomic E-state index is 0.0380. The molecule has 2 atom stereocenters. The van der Waals surface area contributed by atoms with E-state index in [4.69, 9.17) is 0 Å². The number of amides is 2. The number of pyridine rings is 1. The zero-order valence-electron chi connectivity index (χ0n) is 12.2. The van der Waals surface area contributed by atoms with Crippen LogP contribution in [0, 0.1) is 0 Å². The summed E-state index contributed by atoms with van der Waals surface area (Å²) < 4.78 is 0. The van der Waals surface area contributed by atoms with E-state index in [2.05, 4.69) is 10.3 Å². The van der Waals surface area contributed by atoms with Gasteiger partial charge in [0.05, 0.1) is 12.2 Å². The van der Waals surface area contributed by atoms with E-state index >= 15 is 0 Å². The first-order valence-corrected chi connectivity index (χ1v) is 6.98. The Bertz CT molecular complexity index is 503. The van der Waals surface area contributed by atoms with Gasteiger partial charge in [-0.1, -0.05) is 13.0 Å². The highest BCUT2D eigenvalue weighted by Gasteiger charge is 2.41.